The normalized spacial score (nSPS) is 18.3. The molecular weight excluding hydrogens is 455 g/mol. The van der Waals surface area contributed by atoms with Crippen LogP contribution in [0.4, 0.5) is 10.2 Å². The Morgan fingerprint density at radius 3 is 2.66 bits per heavy atom. The zero-order valence-corrected chi connectivity index (χ0v) is 20.0. The molecule has 11 heteroatoms. The number of carbonyl (C=O) groups excluding carboxylic acids is 1. The van der Waals surface area contributed by atoms with Gasteiger partial charge in [-0.2, -0.15) is 0 Å². The molecule has 2 aliphatic heterocycles. The highest BCUT2D eigenvalue weighted by Gasteiger charge is 2.38. The van der Waals surface area contributed by atoms with Crippen LogP contribution in [0.1, 0.15) is 35.9 Å². The largest absolute Gasteiger partial charge is 0.507 e. The van der Waals surface area contributed by atoms with Crippen molar-refractivity contribution in [1.82, 2.24) is 24.6 Å². The Hall–Kier alpha value is -3.60. The van der Waals surface area contributed by atoms with E-state index < -0.39 is 11.4 Å². The van der Waals surface area contributed by atoms with Crippen LogP contribution in [0.15, 0.2) is 23.0 Å². The number of methoxy groups -OCH3 is 1. The quantitative estimate of drug-likeness (QED) is 0.566. The molecule has 1 aromatic carbocycles. The van der Waals surface area contributed by atoms with Gasteiger partial charge < -0.3 is 29.5 Å². The molecule has 5 rings (SSSR count). The molecule has 1 amide bonds. The monoisotopic (exact) mass is 484 g/mol. The van der Waals surface area contributed by atoms with Gasteiger partial charge in [0.25, 0.3) is 11.5 Å². The van der Waals surface area contributed by atoms with Gasteiger partial charge >= 0.3 is 0 Å². The van der Waals surface area contributed by atoms with E-state index in [0.717, 1.165) is 19.2 Å². The Bertz CT molecular complexity index is 1360. The van der Waals surface area contributed by atoms with Gasteiger partial charge in [-0.3, -0.25) is 9.59 Å². The third kappa shape index (κ3) is 3.70. The number of ether oxygens (including phenoxy) is 1. The summed E-state index contributed by atoms with van der Waals surface area (Å²) < 4.78 is 22.4. The summed E-state index contributed by atoms with van der Waals surface area (Å²) >= 11 is 0. The van der Waals surface area contributed by atoms with Crippen LogP contribution in [0, 0.1) is 5.82 Å². The van der Waals surface area contributed by atoms with Crippen LogP contribution >= 0.6 is 0 Å². The number of aromatic hydroxyl groups is 1. The maximum Gasteiger partial charge on any atom is 0.280 e. The highest BCUT2D eigenvalue weighted by Crippen LogP contribution is 2.40. The first-order valence-corrected chi connectivity index (χ1v) is 11.8. The van der Waals surface area contributed by atoms with Gasteiger partial charge in [-0.05, 0) is 19.9 Å². The molecule has 0 saturated carbocycles. The van der Waals surface area contributed by atoms with E-state index in [0.29, 0.717) is 48.8 Å². The minimum Gasteiger partial charge on any atom is -0.507 e. The fourth-order valence-electron chi connectivity index (χ4n) is 5.10. The number of nitrogens with one attached hydrogen (secondary N) is 1. The number of aromatic nitrogens is 3. The number of halogens is 1. The number of amides is 1. The fraction of sp³-hybridized carbons (Fsp3) is 0.458. The standard InChI is InChI=1S/C24H29FN6O4/c1-4-28-12-14(2)31-19-18(21(35-3)20(31)24(28)34)23(33)30(13-15-5-6-16(25)11-17(15)32)27-22(19)29-9-7-26-8-10-29/h5-6,11,14,26,32H,4,7-10,12-13H2,1-3H3/t14-/m0/s1. The number of phenols is 1. The minimum absolute atomic E-state index is 0.0613. The van der Waals surface area contributed by atoms with Crippen molar-refractivity contribution >= 4 is 22.6 Å². The maximum absolute atomic E-state index is 13.8. The molecule has 186 valence electrons. The number of rotatable bonds is 5. The smallest absolute Gasteiger partial charge is 0.280 e. The van der Waals surface area contributed by atoms with Crippen molar-refractivity contribution in [2.75, 3.05) is 51.3 Å². The summed E-state index contributed by atoms with van der Waals surface area (Å²) in [6.45, 7) is 7.80. The van der Waals surface area contributed by atoms with E-state index in [-0.39, 0.29) is 35.4 Å². The average molecular weight is 485 g/mol. The maximum atomic E-state index is 13.8. The molecule has 1 saturated heterocycles. The molecule has 0 radical (unpaired) electrons. The number of piperazine rings is 1. The molecule has 10 nitrogen and oxygen atoms in total. The van der Waals surface area contributed by atoms with E-state index in [2.05, 4.69) is 10.2 Å². The van der Waals surface area contributed by atoms with Gasteiger partial charge in [0.2, 0.25) is 0 Å². The molecule has 0 unspecified atom stereocenters. The molecule has 3 aromatic rings. The first-order valence-electron chi connectivity index (χ1n) is 11.8. The Morgan fingerprint density at radius 2 is 2.00 bits per heavy atom. The number of fused-ring (bicyclic) bond motifs is 3. The zero-order chi connectivity index (χ0) is 24.9. The van der Waals surface area contributed by atoms with Gasteiger partial charge in [-0.25, -0.2) is 9.07 Å². The lowest BCUT2D eigenvalue weighted by atomic mass is 10.2. The first-order chi connectivity index (χ1) is 16.8. The first kappa shape index (κ1) is 23.2. The van der Waals surface area contributed by atoms with Crippen LogP contribution < -0.4 is 20.5 Å². The van der Waals surface area contributed by atoms with Crippen LogP contribution in [-0.2, 0) is 6.54 Å². The summed E-state index contributed by atoms with van der Waals surface area (Å²) in [7, 11) is 1.46. The number of carbonyl (C=O) groups is 1. The lowest BCUT2D eigenvalue weighted by molar-refractivity contribution is 0.0685. The second kappa shape index (κ2) is 8.88. The number of hydrogen-bond acceptors (Lipinski definition) is 7. The van der Waals surface area contributed by atoms with Crippen molar-refractivity contribution in [1.29, 1.82) is 0 Å². The average Bonchev–Trinajstić information content (AvgIpc) is 3.21. The Balaban J connectivity index is 1.80. The number of benzene rings is 1. The molecule has 0 aliphatic carbocycles. The second-order valence-electron chi connectivity index (χ2n) is 8.96. The van der Waals surface area contributed by atoms with Gasteiger partial charge in [-0.15, -0.1) is 5.10 Å². The second-order valence-corrected chi connectivity index (χ2v) is 8.96. The summed E-state index contributed by atoms with van der Waals surface area (Å²) in [5.41, 5.74) is 0.848. The van der Waals surface area contributed by atoms with E-state index in [1.54, 1.807) is 4.90 Å². The predicted octanol–water partition coefficient (Wildman–Crippen LogP) is 1.55. The molecule has 2 aromatic heterocycles. The van der Waals surface area contributed by atoms with Crippen molar-refractivity contribution in [3.05, 3.63) is 45.6 Å². The van der Waals surface area contributed by atoms with Crippen LogP contribution in [-0.4, -0.2) is 76.6 Å². The van der Waals surface area contributed by atoms with Gasteiger partial charge in [0.05, 0.1) is 13.7 Å². The SMILES string of the molecule is CCN1C[C@H](C)n2c(c(OC)c3c(=O)n(Cc4ccc(F)cc4O)nc(N4CCNCC4)c32)C1=O. The van der Waals surface area contributed by atoms with Crippen molar-refractivity contribution in [2.45, 2.75) is 26.4 Å². The van der Waals surface area contributed by atoms with E-state index in [1.165, 1.54) is 23.9 Å². The summed E-state index contributed by atoms with van der Waals surface area (Å²) in [5, 5.41) is 18.6. The number of likely N-dealkylation sites (N-methyl/N-ethyl adjacent to an activating group) is 1. The topological polar surface area (TPSA) is 105 Å². The number of nitrogens with zero attached hydrogens (tertiary/aromatic N) is 5. The molecule has 4 heterocycles. The molecular formula is C24H29FN6O4. The van der Waals surface area contributed by atoms with E-state index >= 15 is 0 Å². The zero-order valence-electron chi connectivity index (χ0n) is 20.0. The lowest BCUT2D eigenvalue weighted by Crippen LogP contribution is -2.45. The third-order valence-corrected chi connectivity index (χ3v) is 6.82. The summed E-state index contributed by atoms with van der Waals surface area (Å²) in [6.07, 6.45) is 0. The molecule has 1 fully saturated rings. The molecule has 2 aliphatic rings. The number of phenolic OH excluding ortho intramolecular Hbond substituents is 1. The molecule has 0 bridgehead atoms. The Labute approximate surface area is 201 Å². The van der Waals surface area contributed by atoms with Crippen LogP contribution in [0.3, 0.4) is 0 Å². The van der Waals surface area contributed by atoms with E-state index in [9.17, 15) is 19.1 Å². The van der Waals surface area contributed by atoms with Crippen LogP contribution in [0.2, 0.25) is 0 Å². The fourth-order valence-corrected chi connectivity index (χ4v) is 5.10. The van der Waals surface area contributed by atoms with Crippen molar-refractivity contribution in [2.24, 2.45) is 0 Å². The highest BCUT2D eigenvalue weighted by molar-refractivity contribution is 6.07. The van der Waals surface area contributed by atoms with E-state index in [1.807, 2.05) is 18.4 Å². The van der Waals surface area contributed by atoms with Gasteiger partial charge in [0, 0.05) is 56.9 Å². The Kier molecular flexibility index (Phi) is 5.87. The summed E-state index contributed by atoms with van der Waals surface area (Å²) in [6, 6.07) is 3.58. The summed E-state index contributed by atoms with van der Waals surface area (Å²) in [5.74, 6) is -0.203. The van der Waals surface area contributed by atoms with Crippen molar-refractivity contribution in [3.8, 4) is 11.5 Å². The van der Waals surface area contributed by atoms with Crippen LogP contribution in [0.5, 0.6) is 11.5 Å². The van der Waals surface area contributed by atoms with Gasteiger partial charge in [0.1, 0.15) is 22.5 Å². The third-order valence-electron chi connectivity index (χ3n) is 6.82. The van der Waals surface area contributed by atoms with Crippen molar-refractivity contribution < 1.29 is 19.0 Å². The summed E-state index contributed by atoms with van der Waals surface area (Å²) in [4.78, 5) is 31.0. The van der Waals surface area contributed by atoms with Gasteiger partial charge in [-0.1, -0.05) is 6.07 Å². The molecule has 2 N–H and O–H groups in total. The van der Waals surface area contributed by atoms with Crippen LogP contribution in [0.25, 0.3) is 10.9 Å². The Morgan fingerprint density at radius 1 is 1.26 bits per heavy atom. The highest BCUT2D eigenvalue weighted by atomic mass is 19.1. The molecule has 0 spiro atoms. The number of hydrogen-bond donors (Lipinski definition) is 2. The van der Waals surface area contributed by atoms with Crippen molar-refractivity contribution in [3.63, 3.8) is 0 Å². The molecule has 1 atom stereocenters. The van der Waals surface area contributed by atoms with Gasteiger partial charge in [0.15, 0.2) is 17.3 Å². The predicted molar refractivity (Wildman–Crippen MR) is 129 cm³/mol. The number of anilines is 1. The molecule has 35 heavy (non-hydrogen) atoms. The van der Waals surface area contributed by atoms with E-state index in [4.69, 9.17) is 9.84 Å². The minimum atomic E-state index is -0.571. The lowest BCUT2D eigenvalue weighted by Gasteiger charge is -2.34.